The van der Waals surface area contributed by atoms with Crippen LogP contribution in [0.25, 0.3) is 10.9 Å². The van der Waals surface area contributed by atoms with Crippen LogP contribution < -0.4 is 10.3 Å². The highest BCUT2D eigenvalue weighted by Gasteiger charge is 2.20. The van der Waals surface area contributed by atoms with E-state index in [2.05, 4.69) is 25.4 Å². The molecule has 0 saturated heterocycles. The lowest BCUT2D eigenvalue weighted by Crippen LogP contribution is -1.89. The molecule has 9 heteroatoms. The van der Waals surface area contributed by atoms with E-state index in [-0.39, 0.29) is 5.75 Å². The van der Waals surface area contributed by atoms with Crippen LogP contribution >= 0.6 is 35.4 Å². The van der Waals surface area contributed by atoms with Gasteiger partial charge < -0.3 is 15.2 Å². The number of halogens is 2. The van der Waals surface area contributed by atoms with Gasteiger partial charge in [-0.25, -0.2) is 4.57 Å². The molecule has 0 radical (unpaired) electrons. The summed E-state index contributed by atoms with van der Waals surface area (Å²) in [6, 6.07) is 11.2. The fourth-order valence-electron chi connectivity index (χ4n) is 1.89. The molecule has 0 aliphatic carbocycles. The summed E-state index contributed by atoms with van der Waals surface area (Å²) < 4.78 is 15.9. The van der Waals surface area contributed by atoms with Gasteiger partial charge in [0.15, 0.2) is 5.75 Å². The number of anilines is 1. The lowest BCUT2D eigenvalue weighted by atomic mass is 10.2. The zero-order valence-electron chi connectivity index (χ0n) is 12.5. The van der Waals surface area contributed by atoms with Crippen molar-refractivity contribution in [3.8, 4) is 5.75 Å². The Balaban J connectivity index is 0.000000219. The smallest absolute Gasteiger partial charge is 0.402 e. The quantitative estimate of drug-likeness (QED) is 0.348. The first kappa shape index (κ1) is 18.8. The molecule has 0 aliphatic heterocycles. The van der Waals surface area contributed by atoms with Crippen LogP contribution in [0.5, 0.6) is 5.75 Å². The first-order valence-electron chi connectivity index (χ1n) is 6.70. The van der Waals surface area contributed by atoms with Gasteiger partial charge in [-0.05, 0) is 47.1 Å². The normalized spacial score (nSPS) is 11.0. The van der Waals surface area contributed by atoms with Gasteiger partial charge in [0, 0.05) is 16.4 Å². The molecule has 0 fully saturated rings. The molecule has 0 aliphatic rings. The summed E-state index contributed by atoms with van der Waals surface area (Å²) in [5.74, 6) is 0.0228. The Labute approximate surface area is 152 Å². The molecule has 0 amide bonds. The van der Waals surface area contributed by atoms with E-state index in [1.807, 2.05) is 31.2 Å². The maximum Gasteiger partial charge on any atom is 0.524 e. The van der Waals surface area contributed by atoms with Gasteiger partial charge in [-0.2, -0.15) is 0 Å². The Bertz CT molecular complexity index is 871. The topological polar surface area (TPSA) is 109 Å². The van der Waals surface area contributed by atoms with Crippen molar-refractivity contribution >= 4 is 51.9 Å². The largest absolute Gasteiger partial charge is 0.524 e. The van der Waals surface area contributed by atoms with E-state index < -0.39 is 7.82 Å². The standard InChI is InChI=1S/C8H6BrClNO4P.C7H9N/c9-4-1-2-5-7(8(4)10)6(3-11-5)15-16(12,13)14;1-6-2-4-7(8)5-3-6/h1-3,11H,(H2,12,13,14);2-5H,8H2,1H3. The zero-order valence-corrected chi connectivity index (χ0v) is 15.8. The number of hydrogen-bond donors (Lipinski definition) is 4. The summed E-state index contributed by atoms with van der Waals surface area (Å²) in [5, 5.41) is 0.765. The predicted octanol–water partition coefficient (Wildman–Crippen LogP) is 4.63. The highest BCUT2D eigenvalue weighted by Crippen LogP contribution is 2.44. The molecular weight excluding hydrogens is 419 g/mol. The monoisotopic (exact) mass is 432 g/mol. The average molecular weight is 434 g/mol. The highest BCUT2D eigenvalue weighted by molar-refractivity contribution is 9.10. The molecule has 0 saturated carbocycles. The fraction of sp³-hybridized carbons (Fsp3) is 0.0667. The lowest BCUT2D eigenvalue weighted by molar-refractivity contribution is 0.284. The molecule has 1 aromatic heterocycles. The highest BCUT2D eigenvalue weighted by atomic mass is 79.9. The molecule has 1 heterocycles. The minimum absolute atomic E-state index is 0.0228. The van der Waals surface area contributed by atoms with Gasteiger partial charge in [0.05, 0.1) is 15.9 Å². The summed E-state index contributed by atoms with van der Waals surface area (Å²) in [6.07, 6.45) is 1.35. The first-order chi connectivity index (χ1) is 11.2. The van der Waals surface area contributed by atoms with E-state index in [0.29, 0.717) is 20.4 Å². The number of aromatic nitrogens is 1. The second-order valence-electron chi connectivity index (χ2n) is 4.93. The van der Waals surface area contributed by atoms with E-state index in [4.69, 9.17) is 27.1 Å². The van der Waals surface area contributed by atoms with Crippen molar-refractivity contribution < 1.29 is 18.9 Å². The average Bonchev–Trinajstić information content (AvgIpc) is 2.88. The number of phosphoric ester groups is 1. The van der Waals surface area contributed by atoms with Gasteiger partial charge in [-0.3, -0.25) is 9.79 Å². The number of nitrogens with one attached hydrogen (secondary N) is 1. The van der Waals surface area contributed by atoms with Crippen molar-refractivity contribution in [1.82, 2.24) is 4.98 Å². The molecule has 6 nitrogen and oxygen atoms in total. The molecule has 3 aromatic rings. The number of fused-ring (bicyclic) bond motifs is 1. The Kier molecular flexibility index (Phi) is 5.96. The number of aromatic amines is 1. The maximum absolute atomic E-state index is 10.7. The van der Waals surface area contributed by atoms with E-state index in [1.54, 1.807) is 12.1 Å². The third-order valence-corrected chi connectivity index (χ3v) is 4.71. The number of aryl methyl sites for hydroxylation is 1. The lowest BCUT2D eigenvalue weighted by Gasteiger charge is -2.06. The number of phosphoric acid groups is 1. The van der Waals surface area contributed by atoms with Crippen molar-refractivity contribution in [1.29, 1.82) is 0 Å². The van der Waals surface area contributed by atoms with Crippen molar-refractivity contribution in [2.24, 2.45) is 0 Å². The van der Waals surface area contributed by atoms with Crippen LogP contribution in [-0.4, -0.2) is 14.8 Å². The van der Waals surface area contributed by atoms with Gasteiger partial charge in [-0.1, -0.05) is 29.3 Å². The van der Waals surface area contributed by atoms with Crippen LogP contribution in [0.1, 0.15) is 5.56 Å². The minimum Gasteiger partial charge on any atom is -0.402 e. The molecule has 0 atom stereocenters. The molecule has 3 rings (SSSR count). The summed E-state index contributed by atoms with van der Waals surface area (Å²) in [4.78, 5) is 20.3. The second-order valence-corrected chi connectivity index (χ2v) is 7.33. The van der Waals surface area contributed by atoms with Gasteiger partial charge >= 0.3 is 7.82 Å². The third-order valence-electron chi connectivity index (χ3n) is 2.99. The third kappa shape index (κ3) is 5.00. The summed E-state index contributed by atoms with van der Waals surface area (Å²) >= 11 is 9.22. The van der Waals surface area contributed by atoms with Crippen molar-refractivity contribution in [2.75, 3.05) is 5.73 Å². The van der Waals surface area contributed by atoms with Crippen molar-refractivity contribution in [3.63, 3.8) is 0 Å². The van der Waals surface area contributed by atoms with E-state index in [9.17, 15) is 4.57 Å². The number of H-pyrrole nitrogens is 1. The maximum atomic E-state index is 10.7. The van der Waals surface area contributed by atoms with Crippen LogP contribution in [0.15, 0.2) is 47.1 Å². The SMILES string of the molecule is Cc1ccc(N)cc1.O=P(O)(O)Oc1c[nH]c2ccc(Br)c(Cl)c12. The van der Waals surface area contributed by atoms with Gasteiger partial charge in [0.25, 0.3) is 0 Å². The van der Waals surface area contributed by atoms with Crippen LogP contribution in [0.3, 0.4) is 0 Å². The molecule has 0 bridgehead atoms. The molecule has 128 valence electrons. The van der Waals surface area contributed by atoms with Crippen LogP contribution in [0.4, 0.5) is 5.69 Å². The van der Waals surface area contributed by atoms with Crippen LogP contribution in [-0.2, 0) is 4.57 Å². The Morgan fingerprint density at radius 3 is 2.38 bits per heavy atom. The van der Waals surface area contributed by atoms with E-state index in [0.717, 1.165) is 5.69 Å². The Morgan fingerprint density at radius 2 is 1.83 bits per heavy atom. The molecule has 0 unspecified atom stereocenters. The van der Waals surface area contributed by atoms with Crippen molar-refractivity contribution in [2.45, 2.75) is 6.92 Å². The summed E-state index contributed by atoms with van der Waals surface area (Å²) in [6.45, 7) is 2.04. The van der Waals surface area contributed by atoms with Crippen molar-refractivity contribution in [3.05, 3.63) is 57.7 Å². The van der Waals surface area contributed by atoms with Gasteiger partial charge in [-0.15, -0.1) is 0 Å². The molecule has 5 N–H and O–H groups in total. The molecular formula is C15H15BrClN2O4P. The minimum atomic E-state index is -4.59. The van der Waals surface area contributed by atoms with Gasteiger partial charge in [0.2, 0.25) is 0 Å². The zero-order chi connectivity index (χ0) is 17.9. The Morgan fingerprint density at radius 1 is 1.21 bits per heavy atom. The van der Waals surface area contributed by atoms with Crippen LogP contribution in [0, 0.1) is 6.92 Å². The fourth-order valence-corrected chi connectivity index (χ4v) is 2.88. The number of hydrogen-bond acceptors (Lipinski definition) is 3. The molecule has 2 aromatic carbocycles. The number of rotatable bonds is 2. The second kappa shape index (κ2) is 7.59. The van der Waals surface area contributed by atoms with Gasteiger partial charge in [0.1, 0.15) is 0 Å². The van der Waals surface area contributed by atoms with E-state index >= 15 is 0 Å². The summed E-state index contributed by atoms with van der Waals surface area (Å²) in [5.41, 5.74) is 8.14. The summed E-state index contributed by atoms with van der Waals surface area (Å²) in [7, 11) is -4.59. The van der Waals surface area contributed by atoms with Crippen LogP contribution in [0.2, 0.25) is 5.02 Å². The first-order valence-corrected chi connectivity index (χ1v) is 9.40. The Hall–Kier alpha value is -1.50. The predicted molar refractivity (Wildman–Crippen MR) is 99.3 cm³/mol. The number of nitrogens with two attached hydrogens (primary N) is 1. The molecule has 24 heavy (non-hydrogen) atoms. The van der Waals surface area contributed by atoms with E-state index in [1.165, 1.54) is 11.8 Å². The number of benzene rings is 2. The number of nitrogen functional groups attached to an aromatic ring is 1. The molecule has 0 spiro atoms.